The van der Waals surface area contributed by atoms with Crippen LogP contribution in [0.1, 0.15) is 31.7 Å². The molecule has 6 heteroatoms. The number of rotatable bonds is 7. The smallest absolute Gasteiger partial charge is 0.179 e. The van der Waals surface area contributed by atoms with Crippen LogP contribution in [-0.4, -0.2) is 38.8 Å². The minimum absolute atomic E-state index is 0.124. The number of likely N-dealkylation sites (tertiary alicyclic amines) is 1. The van der Waals surface area contributed by atoms with E-state index in [-0.39, 0.29) is 5.75 Å². The van der Waals surface area contributed by atoms with Gasteiger partial charge in [0.15, 0.2) is 16.0 Å². The van der Waals surface area contributed by atoms with E-state index in [2.05, 4.69) is 6.19 Å². The van der Waals surface area contributed by atoms with E-state index in [1.165, 1.54) is 6.42 Å². The van der Waals surface area contributed by atoms with Crippen LogP contribution in [0.4, 0.5) is 0 Å². The Morgan fingerprint density at radius 3 is 2.52 bits per heavy atom. The van der Waals surface area contributed by atoms with Crippen LogP contribution in [0.3, 0.4) is 0 Å². The van der Waals surface area contributed by atoms with Crippen LogP contribution < -0.4 is 0 Å². The lowest BCUT2D eigenvalue weighted by Gasteiger charge is -2.28. The molecule has 0 unspecified atom stereocenters. The maximum atomic E-state index is 11.8. The van der Waals surface area contributed by atoms with Gasteiger partial charge in [-0.3, -0.25) is 0 Å². The van der Waals surface area contributed by atoms with E-state index in [9.17, 15) is 8.42 Å². The second-order valence-electron chi connectivity index (χ2n) is 7.15. The third-order valence-electron chi connectivity index (χ3n) is 5.53. The van der Waals surface area contributed by atoms with E-state index in [4.69, 9.17) is 10.00 Å². The van der Waals surface area contributed by atoms with Crippen LogP contribution in [0, 0.1) is 29.2 Å². The van der Waals surface area contributed by atoms with Crippen LogP contribution in [0.5, 0.6) is 0 Å². The second-order valence-corrected chi connectivity index (χ2v) is 9.42. The summed E-state index contributed by atoms with van der Waals surface area (Å²) in [6.07, 6.45) is 5.73. The largest absolute Gasteiger partial charge is 0.376 e. The predicted octanol–water partition coefficient (Wildman–Crippen LogP) is 2.83. The van der Waals surface area contributed by atoms with Crippen molar-refractivity contribution in [3.63, 3.8) is 0 Å². The van der Waals surface area contributed by atoms with Gasteiger partial charge in [-0.15, -0.1) is 0 Å². The van der Waals surface area contributed by atoms with E-state index in [0.717, 1.165) is 49.9 Å². The van der Waals surface area contributed by atoms with Gasteiger partial charge in [-0.05, 0) is 54.7 Å². The molecule has 1 saturated heterocycles. The molecule has 2 aliphatic rings. The highest BCUT2D eigenvalue weighted by Gasteiger charge is 2.43. The topological polar surface area (TPSA) is 70.4 Å². The molecule has 2 atom stereocenters. The number of ether oxygens (including phenoxy) is 1. The summed E-state index contributed by atoms with van der Waals surface area (Å²) in [7, 11) is -3.13. The zero-order chi connectivity index (χ0) is 17.9. The average molecular weight is 362 g/mol. The lowest BCUT2D eigenvalue weighted by atomic mass is 9.91. The minimum Gasteiger partial charge on any atom is -0.376 e. The molecule has 1 aliphatic heterocycles. The number of nitrogens with zero attached hydrogens (tertiary/aromatic N) is 2. The van der Waals surface area contributed by atoms with Gasteiger partial charge >= 0.3 is 0 Å². The lowest BCUT2D eigenvalue weighted by molar-refractivity contribution is 0.102. The summed E-state index contributed by atoms with van der Waals surface area (Å²) < 4.78 is 29.4. The molecule has 5 nitrogen and oxygen atoms in total. The molecule has 3 rings (SSSR count). The number of benzene rings is 1. The quantitative estimate of drug-likeness (QED) is 0.698. The summed E-state index contributed by atoms with van der Waals surface area (Å²) >= 11 is 0. The highest BCUT2D eigenvalue weighted by molar-refractivity contribution is 7.91. The highest BCUT2D eigenvalue weighted by atomic mass is 32.2. The van der Waals surface area contributed by atoms with Crippen molar-refractivity contribution in [1.82, 2.24) is 4.90 Å². The summed E-state index contributed by atoms with van der Waals surface area (Å²) in [5.74, 6) is 2.28. The van der Waals surface area contributed by atoms with E-state index in [0.29, 0.717) is 17.4 Å². The Labute approximate surface area is 150 Å². The molecule has 0 bridgehead atoms. The first-order valence-corrected chi connectivity index (χ1v) is 10.7. The van der Waals surface area contributed by atoms with Crippen molar-refractivity contribution in [3.05, 3.63) is 29.8 Å². The Kier molecular flexibility index (Phi) is 5.65. The number of hydrogen-bond acceptors (Lipinski definition) is 5. The Bertz CT molecular complexity index is 716. The second kappa shape index (κ2) is 7.76. The van der Waals surface area contributed by atoms with Crippen molar-refractivity contribution < 1.29 is 13.2 Å². The Hall–Kier alpha value is -1.58. The van der Waals surface area contributed by atoms with Gasteiger partial charge in [-0.2, -0.15) is 5.26 Å². The molecule has 1 aromatic rings. The van der Waals surface area contributed by atoms with Crippen molar-refractivity contribution in [1.29, 1.82) is 5.26 Å². The number of nitriles is 1. The summed E-state index contributed by atoms with van der Waals surface area (Å²) in [6.45, 7) is 4.76. The van der Waals surface area contributed by atoms with Crippen molar-refractivity contribution in [2.24, 2.45) is 17.8 Å². The van der Waals surface area contributed by atoms with Crippen molar-refractivity contribution in [2.45, 2.75) is 37.7 Å². The molecule has 2 fully saturated rings. The molecule has 1 aliphatic carbocycles. The van der Waals surface area contributed by atoms with E-state index < -0.39 is 9.84 Å². The monoisotopic (exact) mass is 362 g/mol. The molecule has 0 aromatic heterocycles. The Morgan fingerprint density at radius 1 is 1.24 bits per heavy atom. The van der Waals surface area contributed by atoms with Gasteiger partial charge in [0.25, 0.3) is 0 Å². The molecule has 1 saturated carbocycles. The van der Waals surface area contributed by atoms with Crippen LogP contribution >= 0.6 is 0 Å². The van der Waals surface area contributed by atoms with Crippen molar-refractivity contribution in [3.8, 4) is 6.19 Å². The van der Waals surface area contributed by atoms with Gasteiger partial charge in [0.05, 0.1) is 23.9 Å². The average Bonchev–Trinajstić information content (AvgIpc) is 3.42. The first-order chi connectivity index (χ1) is 12.0. The van der Waals surface area contributed by atoms with Gasteiger partial charge in [0, 0.05) is 13.1 Å². The number of sulfone groups is 1. The fraction of sp³-hybridized carbons (Fsp3) is 0.632. The standard InChI is InChI=1S/C19H26N2O3S/c1-2-25(22,23)18-5-3-15(4-6-18)12-24-13-17-11-19(17)16-7-9-21(14-20)10-8-16/h3-6,16-17,19H,2,7-13H2,1H3/t17-,19+/m0/s1. The molecule has 25 heavy (non-hydrogen) atoms. The molecule has 0 N–H and O–H groups in total. The van der Waals surface area contributed by atoms with Crippen LogP contribution in [0.15, 0.2) is 29.2 Å². The molecule has 136 valence electrons. The first kappa shape index (κ1) is 18.2. The third-order valence-corrected chi connectivity index (χ3v) is 7.28. The summed E-state index contributed by atoms with van der Waals surface area (Å²) in [6, 6.07) is 7.01. The summed E-state index contributed by atoms with van der Waals surface area (Å²) in [5.41, 5.74) is 1.01. The maximum absolute atomic E-state index is 11.8. The third kappa shape index (κ3) is 4.53. The first-order valence-electron chi connectivity index (χ1n) is 9.07. The normalized spacial score (nSPS) is 24.1. The number of piperidine rings is 1. The Morgan fingerprint density at radius 2 is 1.92 bits per heavy atom. The fourth-order valence-corrected chi connectivity index (χ4v) is 4.64. The van der Waals surface area contributed by atoms with E-state index in [1.54, 1.807) is 19.1 Å². The molecule has 0 amide bonds. The Balaban J connectivity index is 1.39. The fourth-order valence-electron chi connectivity index (χ4n) is 3.76. The SMILES string of the molecule is CCS(=O)(=O)c1ccc(COC[C@@H]2C[C@@H]2C2CCN(C#N)CC2)cc1. The highest BCUT2D eigenvalue weighted by Crippen LogP contribution is 2.48. The van der Waals surface area contributed by atoms with Crippen LogP contribution in [-0.2, 0) is 21.2 Å². The molecule has 1 heterocycles. The van der Waals surface area contributed by atoms with Crippen molar-refractivity contribution in [2.75, 3.05) is 25.4 Å². The molecule has 0 radical (unpaired) electrons. The zero-order valence-corrected chi connectivity index (χ0v) is 15.5. The van der Waals surface area contributed by atoms with Crippen molar-refractivity contribution >= 4 is 9.84 Å². The van der Waals surface area contributed by atoms with Gasteiger partial charge in [0.1, 0.15) is 0 Å². The number of hydrogen-bond donors (Lipinski definition) is 0. The van der Waals surface area contributed by atoms with E-state index >= 15 is 0 Å². The molecular formula is C19H26N2O3S. The zero-order valence-electron chi connectivity index (χ0n) is 14.7. The van der Waals surface area contributed by atoms with Gasteiger partial charge in [0.2, 0.25) is 0 Å². The molecular weight excluding hydrogens is 336 g/mol. The predicted molar refractivity (Wildman–Crippen MR) is 95.3 cm³/mol. The van der Waals surface area contributed by atoms with Gasteiger partial charge < -0.3 is 9.64 Å². The summed E-state index contributed by atoms with van der Waals surface area (Å²) in [4.78, 5) is 2.23. The van der Waals surface area contributed by atoms with Crippen LogP contribution in [0.2, 0.25) is 0 Å². The van der Waals surface area contributed by atoms with E-state index in [1.807, 2.05) is 17.0 Å². The maximum Gasteiger partial charge on any atom is 0.179 e. The van der Waals surface area contributed by atoms with Crippen LogP contribution in [0.25, 0.3) is 0 Å². The summed E-state index contributed by atoms with van der Waals surface area (Å²) in [5, 5.41) is 8.91. The molecule has 1 aromatic carbocycles. The molecule has 0 spiro atoms. The van der Waals surface area contributed by atoms with Gasteiger partial charge in [-0.25, -0.2) is 8.42 Å². The van der Waals surface area contributed by atoms with Gasteiger partial charge in [-0.1, -0.05) is 19.1 Å². The lowest BCUT2D eigenvalue weighted by Crippen LogP contribution is -2.30. The minimum atomic E-state index is -3.13.